The van der Waals surface area contributed by atoms with Crippen LogP contribution in [0.25, 0.3) is 0 Å². The highest BCUT2D eigenvalue weighted by atomic mass is 16.1. The van der Waals surface area contributed by atoms with Crippen molar-refractivity contribution in [3.8, 4) is 0 Å². The Morgan fingerprint density at radius 2 is 2.17 bits per heavy atom. The summed E-state index contributed by atoms with van der Waals surface area (Å²) in [4.78, 5) is 10.4. The van der Waals surface area contributed by atoms with Crippen molar-refractivity contribution in [3.05, 3.63) is 0 Å². The third-order valence-electron chi connectivity index (χ3n) is 2.56. The standard InChI is InChI=1S/C9H18N2O/c10-5-9(7-12)11-6-8-3-1-2-4-8/h7-9,11H,1-6,10H2. The Hall–Kier alpha value is -0.410. The highest BCUT2D eigenvalue weighted by molar-refractivity contribution is 5.57. The van der Waals surface area contributed by atoms with Gasteiger partial charge in [-0.3, -0.25) is 0 Å². The second-order valence-corrected chi connectivity index (χ2v) is 3.54. The Bertz CT molecular complexity index is 132. The Morgan fingerprint density at radius 3 is 2.67 bits per heavy atom. The lowest BCUT2D eigenvalue weighted by Gasteiger charge is -2.13. The van der Waals surface area contributed by atoms with Crippen molar-refractivity contribution in [1.29, 1.82) is 0 Å². The number of hydrogen-bond donors (Lipinski definition) is 2. The lowest BCUT2D eigenvalue weighted by Crippen LogP contribution is -2.39. The number of carbonyl (C=O) groups is 1. The first-order valence-electron chi connectivity index (χ1n) is 4.75. The minimum absolute atomic E-state index is 0.134. The summed E-state index contributed by atoms with van der Waals surface area (Å²) in [5.41, 5.74) is 5.37. The number of rotatable bonds is 5. The molecule has 0 amide bonds. The van der Waals surface area contributed by atoms with Crippen LogP contribution < -0.4 is 11.1 Å². The summed E-state index contributed by atoms with van der Waals surface area (Å²) in [5.74, 6) is 0.777. The Kier molecular flexibility index (Phi) is 4.25. The molecule has 70 valence electrons. The van der Waals surface area contributed by atoms with Gasteiger partial charge in [0.05, 0.1) is 6.04 Å². The van der Waals surface area contributed by atoms with E-state index in [4.69, 9.17) is 5.73 Å². The summed E-state index contributed by atoms with van der Waals surface area (Å²) in [6, 6.07) is -0.134. The number of nitrogens with two attached hydrogens (primary N) is 1. The zero-order valence-corrected chi connectivity index (χ0v) is 7.46. The van der Waals surface area contributed by atoms with E-state index in [-0.39, 0.29) is 6.04 Å². The fourth-order valence-corrected chi connectivity index (χ4v) is 1.72. The number of hydrogen-bond acceptors (Lipinski definition) is 3. The number of carbonyl (C=O) groups excluding carboxylic acids is 1. The van der Waals surface area contributed by atoms with Gasteiger partial charge in [-0.25, -0.2) is 0 Å². The molecule has 0 aliphatic heterocycles. The predicted octanol–water partition coefficient (Wildman–Crippen LogP) is 0.292. The van der Waals surface area contributed by atoms with E-state index in [1.54, 1.807) is 0 Å². The Labute approximate surface area is 73.7 Å². The molecule has 1 atom stereocenters. The molecule has 0 heterocycles. The van der Waals surface area contributed by atoms with Crippen LogP contribution in [0.2, 0.25) is 0 Å². The fourth-order valence-electron chi connectivity index (χ4n) is 1.72. The molecule has 0 bridgehead atoms. The summed E-state index contributed by atoms with van der Waals surface area (Å²) < 4.78 is 0. The molecule has 1 saturated carbocycles. The molecule has 0 aromatic rings. The van der Waals surface area contributed by atoms with Crippen LogP contribution >= 0.6 is 0 Å². The van der Waals surface area contributed by atoms with Gasteiger partial charge in [-0.05, 0) is 25.3 Å². The first-order chi connectivity index (χ1) is 5.86. The molecule has 12 heavy (non-hydrogen) atoms. The van der Waals surface area contributed by atoms with Crippen LogP contribution in [0.4, 0.5) is 0 Å². The molecule has 3 nitrogen and oxygen atoms in total. The first kappa shape index (κ1) is 9.68. The predicted molar refractivity (Wildman–Crippen MR) is 48.9 cm³/mol. The van der Waals surface area contributed by atoms with Crippen molar-refractivity contribution in [2.45, 2.75) is 31.7 Å². The third-order valence-corrected chi connectivity index (χ3v) is 2.56. The average Bonchev–Trinajstić information content (AvgIpc) is 2.59. The Balaban J connectivity index is 2.10. The van der Waals surface area contributed by atoms with Gasteiger partial charge in [0.2, 0.25) is 0 Å². The molecule has 3 N–H and O–H groups in total. The molecule has 1 unspecified atom stereocenters. The van der Waals surface area contributed by atoms with Gasteiger partial charge in [0.25, 0.3) is 0 Å². The maximum Gasteiger partial charge on any atom is 0.138 e. The molecule has 3 heteroatoms. The van der Waals surface area contributed by atoms with Gasteiger partial charge < -0.3 is 15.8 Å². The molecule has 0 spiro atoms. The van der Waals surface area contributed by atoms with Crippen molar-refractivity contribution < 1.29 is 4.79 Å². The lowest BCUT2D eigenvalue weighted by atomic mass is 10.1. The van der Waals surface area contributed by atoms with E-state index in [0.717, 1.165) is 18.7 Å². The normalized spacial score (nSPS) is 21.1. The van der Waals surface area contributed by atoms with Crippen LogP contribution in [0.5, 0.6) is 0 Å². The highest BCUT2D eigenvalue weighted by Gasteiger charge is 2.15. The second-order valence-electron chi connectivity index (χ2n) is 3.54. The van der Waals surface area contributed by atoms with Crippen LogP contribution in [0, 0.1) is 5.92 Å². The van der Waals surface area contributed by atoms with Gasteiger partial charge in [-0.15, -0.1) is 0 Å². The lowest BCUT2D eigenvalue weighted by molar-refractivity contribution is -0.109. The smallest absolute Gasteiger partial charge is 0.138 e. The molecule has 1 aliphatic rings. The summed E-state index contributed by atoms with van der Waals surface area (Å²) >= 11 is 0. The minimum Gasteiger partial charge on any atom is -0.329 e. The van der Waals surface area contributed by atoms with Gasteiger partial charge in [0.1, 0.15) is 6.29 Å². The van der Waals surface area contributed by atoms with E-state index in [9.17, 15) is 4.79 Å². The number of aldehydes is 1. The van der Waals surface area contributed by atoms with E-state index < -0.39 is 0 Å². The van der Waals surface area contributed by atoms with Crippen LogP contribution in [0.1, 0.15) is 25.7 Å². The highest BCUT2D eigenvalue weighted by Crippen LogP contribution is 2.23. The second kappa shape index (κ2) is 5.27. The van der Waals surface area contributed by atoms with Gasteiger partial charge in [-0.1, -0.05) is 12.8 Å². The van der Waals surface area contributed by atoms with Crippen molar-refractivity contribution in [2.75, 3.05) is 13.1 Å². The zero-order chi connectivity index (χ0) is 8.81. The molecule has 0 aromatic carbocycles. The van der Waals surface area contributed by atoms with Gasteiger partial charge in [-0.2, -0.15) is 0 Å². The minimum atomic E-state index is -0.134. The Morgan fingerprint density at radius 1 is 1.50 bits per heavy atom. The number of nitrogens with one attached hydrogen (secondary N) is 1. The van der Waals surface area contributed by atoms with Gasteiger partial charge in [0.15, 0.2) is 0 Å². The summed E-state index contributed by atoms with van der Waals surface area (Å²) in [6.45, 7) is 1.37. The average molecular weight is 170 g/mol. The van der Waals surface area contributed by atoms with Crippen LogP contribution in [0.3, 0.4) is 0 Å². The van der Waals surface area contributed by atoms with Gasteiger partial charge in [0, 0.05) is 6.54 Å². The van der Waals surface area contributed by atoms with Crippen LogP contribution in [-0.4, -0.2) is 25.4 Å². The summed E-state index contributed by atoms with van der Waals surface area (Å²) in [5, 5.41) is 3.17. The molecular weight excluding hydrogens is 152 g/mol. The first-order valence-corrected chi connectivity index (χ1v) is 4.75. The van der Waals surface area contributed by atoms with Crippen LogP contribution in [0.15, 0.2) is 0 Å². The van der Waals surface area contributed by atoms with E-state index in [1.165, 1.54) is 25.7 Å². The molecule has 0 aromatic heterocycles. The molecule has 1 fully saturated rings. The monoisotopic (exact) mass is 170 g/mol. The van der Waals surface area contributed by atoms with Crippen LogP contribution in [-0.2, 0) is 4.79 Å². The van der Waals surface area contributed by atoms with E-state index in [0.29, 0.717) is 6.54 Å². The topological polar surface area (TPSA) is 55.1 Å². The maximum absolute atomic E-state index is 10.4. The zero-order valence-electron chi connectivity index (χ0n) is 7.46. The van der Waals surface area contributed by atoms with E-state index in [1.807, 2.05) is 0 Å². The fraction of sp³-hybridized carbons (Fsp3) is 0.889. The van der Waals surface area contributed by atoms with Crippen molar-refractivity contribution >= 4 is 6.29 Å². The van der Waals surface area contributed by atoms with E-state index in [2.05, 4.69) is 5.32 Å². The summed E-state index contributed by atoms with van der Waals surface area (Å²) in [7, 11) is 0. The third kappa shape index (κ3) is 2.91. The summed E-state index contributed by atoms with van der Waals surface area (Å²) in [6.07, 6.45) is 6.21. The quantitative estimate of drug-likeness (QED) is 0.583. The molecule has 0 radical (unpaired) electrons. The molecule has 1 rings (SSSR count). The van der Waals surface area contributed by atoms with E-state index >= 15 is 0 Å². The van der Waals surface area contributed by atoms with Crippen molar-refractivity contribution in [2.24, 2.45) is 11.7 Å². The van der Waals surface area contributed by atoms with Crippen molar-refractivity contribution in [1.82, 2.24) is 5.32 Å². The maximum atomic E-state index is 10.4. The molecule has 1 aliphatic carbocycles. The van der Waals surface area contributed by atoms with Gasteiger partial charge >= 0.3 is 0 Å². The largest absolute Gasteiger partial charge is 0.329 e. The molecule has 0 saturated heterocycles. The van der Waals surface area contributed by atoms with Crippen molar-refractivity contribution in [3.63, 3.8) is 0 Å². The molecular formula is C9H18N2O. The SMILES string of the molecule is NCC(C=O)NCC1CCCC1.